The summed E-state index contributed by atoms with van der Waals surface area (Å²) < 4.78 is 42.3. The Morgan fingerprint density at radius 3 is 2.67 bits per heavy atom. The predicted molar refractivity (Wildman–Crippen MR) is 49.5 cm³/mol. The van der Waals surface area contributed by atoms with Crippen LogP contribution in [0.15, 0.2) is 23.5 Å². The number of aliphatic hydroxyl groups excluding tert-OH is 1. The third-order valence-electron chi connectivity index (χ3n) is 2.06. The van der Waals surface area contributed by atoms with Crippen LogP contribution in [0.2, 0.25) is 0 Å². The maximum atomic E-state index is 12.9. The minimum absolute atomic E-state index is 0.221. The molecule has 2 atom stereocenters. The summed E-state index contributed by atoms with van der Waals surface area (Å²) in [6.45, 7) is 2.18. The van der Waals surface area contributed by atoms with E-state index in [1.54, 1.807) is 13.0 Å². The highest BCUT2D eigenvalue weighted by atomic mass is 19.3. The first kappa shape index (κ1) is 12.1. The van der Waals surface area contributed by atoms with Crippen LogP contribution in [-0.4, -0.2) is 23.5 Å². The Kier molecular flexibility index (Phi) is 3.44. The molecule has 86 valence electrons. The molecular formula is C10H13F3O2. The second kappa shape index (κ2) is 4.26. The van der Waals surface area contributed by atoms with Gasteiger partial charge in [0, 0.05) is 13.3 Å². The fraction of sp³-hybridized carbons (Fsp3) is 0.600. The van der Waals surface area contributed by atoms with Crippen LogP contribution in [0.3, 0.4) is 0 Å². The Labute approximate surface area is 86.0 Å². The molecule has 1 aliphatic rings. The minimum atomic E-state index is -3.56. The number of allylic oxidation sites excluding steroid dienone is 2. The molecule has 0 heterocycles. The van der Waals surface area contributed by atoms with E-state index in [-0.39, 0.29) is 12.2 Å². The second-order valence-corrected chi connectivity index (χ2v) is 3.71. The fourth-order valence-electron chi connectivity index (χ4n) is 1.18. The van der Waals surface area contributed by atoms with Gasteiger partial charge in [0.2, 0.25) is 0 Å². The van der Waals surface area contributed by atoms with Crippen LogP contribution in [0.5, 0.6) is 0 Å². The van der Waals surface area contributed by atoms with Gasteiger partial charge in [0.15, 0.2) is 0 Å². The summed E-state index contributed by atoms with van der Waals surface area (Å²) in [6, 6.07) is 0. The summed E-state index contributed by atoms with van der Waals surface area (Å²) in [6.07, 6.45) is -0.546. The lowest BCUT2D eigenvalue weighted by Crippen LogP contribution is -2.34. The molecule has 1 aliphatic carbocycles. The van der Waals surface area contributed by atoms with Crippen molar-refractivity contribution in [3.05, 3.63) is 23.5 Å². The summed E-state index contributed by atoms with van der Waals surface area (Å²) in [5.41, 5.74) is 0.837. The first-order chi connectivity index (χ1) is 6.80. The number of hydrogen-bond acceptors (Lipinski definition) is 2. The zero-order valence-electron chi connectivity index (χ0n) is 8.51. The van der Waals surface area contributed by atoms with E-state index in [1.165, 1.54) is 6.08 Å². The van der Waals surface area contributed by atoms with Crippen LogP contribution in [0.4, 0.5) is 13.2 Å². The average Bonchev–Trinajstić information content (AvgIpc) is 2.09. The molecule has 0 radical (unpaired) electrons. The van der Waals surface area contributed by atoms with Gasteiger partial charge in [0.05, 0.1) is 0 Å². The fourth-order valence-corrected chi connectivity index (χ4v) is 1.18. The van der Waals surface area contributed by atoms with Gasteiger partial charge >= 0.3 is 0 Å². The SMILES string of the molecule is CC1=CC=C(O)C(OC(F)C(C)(F)F)C1. The van der Waals surface area contributed by atoms with E-state index in [2.05, 4.69) is 4.74 Å². The minimum Gasteiger partial charge on any atom is -0.510 e. The lowest BCUT2D eigenvalue weighted by atomic mass is 10.0. The van der Waals surface area contributed by atoms with Gasteiger partial charge in [0.25, 0.3) is 12.3 Å². The number of alkyl halides is 3. The molecule has 0 amide bonds. The largest absolute Gasteiger partial charge is 0.510 e. The molecule has 0 saturated heterocycles. The maximum absolute atomic E-state index is 12.9. The number of hydrogen-bond donors (Lipinski definition) is 1. The Balaban J connectivity index is 2.61. The van der Waals surface area contributed by atoms with Gasteiger partial charge in [-0.25, -0.2) is 13.2 Å². The van der Waals surface area contributed by atoms with Crippen LogP contribution in [0.1, 0.15) is 20.3 Å². The van der Waals surface area contributed by atoms with Crippen LogP contribution >= 0.6 is 0 Å². The Morgan fingerprint density at radius 1 is 1.53 bits per heavy atom. The van der Waals surface area contributed by atoms with Crippen molar-refractivity contribution in [1.82, 2.24) is 0 Å². The summed E-state index contributed by atoms with van der Waals surface area (Å²) in [5, 5.41) is 9.28. The third-order valence-corrected chi connectivity index (χ3v) is 2.06. The number of rotatable bonds is 3. The zero-order chi connectivity index (χ0) is 11.6. The molecule has 5 heteroatoms. The number of halogens is 3. The van der Waals surface area contributed by atoms with Crippen molar-refractivity contribution in [2.45, 2.75) is 38.7 Å². The van der Waals surface area contributed by atoms with Gasteiger partial charge in [-0.3, -0.25) is 0 Å². The molecule has 2 unspecified atom stereocenters. The zero-order valence-corrected chi connectivity index (χ0v) is 8.51. The highest BCUT2D eigenvalue weighted by molar-refractivity contribution is 5.22. The molecule has 0 saturated carbocycles. The quantitative estimate of drug-likeness (QED) is 0.795. The lowest BCUT2D eigenvalue weighted by molar-refractivity contribution is -0.204. The predicted octanol–water partition coefficient (Wildman–Crippen LogP) is 3.11. The normalized spacial score (nSPS) is 24.5. The summed E-state index contributed by atoms with van der Waals surface area (Å²) >= 11 is 0. The van der Waals surface area contributed by atoms with Gasteiger partial charge < -0.3 is 9.84 Å². The topological polar surface area (TPSA) is 29.5 Å². The van der Waals surface area contributed by atoms with E-state index >= 15 is 0 Å². The van der Waals surface area contributed by atoms with Crippen LogP contribution < -0.4 is 0 Å². The summed E-state index contributed by atoms with van der Waals surface area (Å²) in [5.74, 6) is -3.79. The van der Waals surface area contributed by atoms with Gasteiger partial charge in [-0.1, -0.05) is 11.6 Å². The van der Waals surface area contributed by atoms with Crippen molar-refractivity contribution >= 4 is 0 Å². The summed E-state index contributed by atoms with van der Waals surface area (Å²) in [4.78, 5) is 0. The highest BCUT2D eigenvalue weighted by Gasteiger charge is 2.38. The van der Waals surface area contributed by atoms with Crippen molar-refractivity contribution in [2.24, 2.45) is 0 Å². The highest BCUT2D eigenvalue weighted by Crippen LogP contribution is 2.27. The molecule has 0 aliphatic heterocycles. The van der Waals surface area contributed by atoms with Crippen molar-refractivity contribution in [3.8, 4) is 0 Å². The molecule has 0 spiro atoms. The number of ether oxygens (including phenoxy) is 1. The van der Waals surface area contributed by atoms with Crippen molar-refractivity contribution in [3.63, 3.8) is 0 Å². The van der Waals surface area contributed by atoms with Crippen LogP contribution in [0.25, 0.3) is 0 Å². The molecule has 15 heavy (non-hydrogen) atoms. The van der Waals surface area contributed by atoms with E-state index in [0.29, 0.717) is 6.92 Å². The monoisotopic (exact) mass is 222 g/mol. The molecule has 0 bridgehead atoms. The Hall–Kier alpha value is -0.970. The van der Waals surface area contributed by atoms with E-state index in [0.717, 1.165) is 5.57 Å². The van der Waals surface area contributed by atoms with E-state index in [1.807, 2.05) is 0 Å². The molecule has 1 rings (SSSR count). The lowest BCUT2D eigenvalue weighted by Gasteiger charge is -2.24. The first-order valence-corrected chi connectivity index (χ1v) is 4.54. The van der Waals surface area contributed by atoms with Gasteiger partial charge in [0.1, 0.15) is 11.9 Å². The third kappa shape index (κ3) is 3.27. The molecule has 0 aromatic heterocycles. The summed E-state index contributed by atoms with van der Waals surface area (Å²) in [7, 11) is 0. The van der Waals surface area contributed by atoms with E-state index in [9.17, 15) is 18.3 Å². The molecular weight excluding hydrogens is 209 g/mol. The van der Waals surface area contributed by atoms with Gasteiger partial charge in [-0.15, -0.1) is 0 Å². The Bertz CT molecular complexity index is 292. The molecule has 1 N–H and O–H groups in total. The first-order valence-electron chi connectivity index (χ1n) is 4.54. The van der Waals surface area contributed by atoms with Gasteiger partial charge in [-0.2, -0.15) is 0 Å². The second-order valence-electron chi connectivity index (χ2n) is 3.71. The molecule has 0 aromatic rings. The Morgan fingerprint density at radius 2 is 2.13 bits per heavy atom. The smallest absolute Gasteiger partial charge is 0.300 e. The molecule has 0 fully saturated rings. The van der Waals surface area contributed by atoms with E-state index in [4.69, 9.17) is 0 Å². The van der Waals surface area contributed by atoms with Crippen molar-refractivity contribution in [2.75, 3.05) is 0 Å². The van der Waals surface area contributed by atoms with Crippen LogP contribution in [0, 0.1) is 0 Å². The van der Waals surface area contributed by atoms with Crippen molar-refractivity contribution in [1.29, 1.82) is 0 Å². The van der Waals surface area contributed by atoms with Gasteiger partial charge in [-0.05, 0) is 13.0 Å². The van der Waals surface area contributed by atoms with Crippen LogP contribution in [-0.2, 0) is 4.74 Å². The van der Waals surface area contributed by atoms with E-state index < -0.39 is 18.4 Å². The van der Waals surface area contributed by atoms with Crippen molar-refractivity contribution < 1.29 is 23.0 Å². The standard InChI is InChI=1S/C10H13F3O2/c1-6-3-4-7(14)8(5-6)15-9(11)10(2,12)13/h3-4,8-9,14H,5H2,1-2H3. The molecule has 0 aromatic carbocycles. The maximum Gasteiger partial charge on any atom is 0.300 e. The molecule has 2 nitrogen and oxygen atoms in total. The average molecular weight is 222 g/mol. The number of aliphatic hydroxyl groups is 1.